The largest absolute Gasteiger partial charge is 0.411 e. The molecular formula is C21H21N3O3S. The van der Waals surface area contributed by atoms with Crippen molar-refractivity contribution >= 4 is 28.4 Å². The Morgan fingerprint density at radius 1 is 1.11 bits per heavy atom. The van der Waals surface area contributed by atoms with Gasteiger partial charge in [-0.25, -0.2) is 0 Å². The molecule has 0 aliphatic carbocycles. The maximum absolute atomic E-state index is 12.7. The van der Waals surface area contributed by atoms with Gasteiger partial charge in [0.2, 0.25) is 11.8 Å². The number of thioether (sulfide) groups is 1. The number of rotatable bonds is 4. The van der Waals surface area contributed by atoms with Gasteiger partial charge in [-0.15, -0.1) is 10.2 Å². The van der Waals surface area contributed by atoms with Crippen LogP contribution in [-0.2, 0) is 4.79 Å². The van der Waals surface area contributed by atoms with E-state index >= 15 is 0 Å². The molecule has 2 aliphatic rings. The van der Waals surface area contributed by atoms with Gasteiger partial charge in [0.15, 0.2) is 0 Å². The second-order valence-electron chi connectivity index (χ2n) is 7.53. The molecule has 3 atom stereocenters. The number of carbonyl (C=O) groups excluding carboxylic acids is 1. The average molecular weight is 395 g/mol. The first kappa shape index (κ1) is 17.7. The van der Waals surface area contributed by atoms with Crippen LogP contribution in [0.1, 0.15) is 25.7 Å². The molecule has 0 spiro atoms. The van der Waals surface area contributed by atoms with Gasteiger partial charge in [0.05, 0.1) is 11.9 Å². The summed E-state index contributed by atoms with van der Waals surface area (Å²) < 4.78 is 5.77. The molecule has 144 valence electrons. The number of aliphatic hydroxyl groups is 1. The van der Waals surface area contributed by atoms with Crippen LogP contribution in [-0.4, -0.2) is 50.1 Å². The molecule has 2 fully saturated rings. The van der Waals surface area contributed by atoms with E-state index in [1.54, 1.807) is 0 Å². The minimum atomic E-state index is -0.269. The summed E-state index contributed by atoms with van der Waals surface area (Å²) >= 11 is 1.28. The SMILES string of the molecule is O=C(CSc1nnc(-c2ccc3ccccc3c2)o1)N1[C@@H]2CC[C@H]1CC(O)C2. The maximum atomic E-state index is 12.7. The van der Waals surface area contributed by atoms with Gasteiger partial charge in [-0.3, -0.25) is 4.79 Å². The Balaban J connectivity index is 1.26. The van der Waals surface area contributed by atoms with Crippen LogP contribution in [0.15, 0.2) is 52.1 Å². The molecule has 2 saturated heterocycles. The van der Waals surface area contributed by atoms with Crippen molar-refractivity contribution in [1.82, 2.24) is 15.1 Å². The fraction of sp³-hybridized carbons (Fsp3) is 0.381. The molecule has 3 heterocycles. The molecule has 2 bridgehead atoms. The summed E-state index contributed by atoms with van der Waals surface area (Å²) in [6.45, 7) is 0. The molecule has 1 unspecified atom stereocenters. The Morgan fingerprint density at radius 3 is 2.64 bits per heavy atom. The second-order valence-corrected chi connectivity index (χ2v) is 8.46. The van der Waals surface area contributed by atoms with Gasteiger partial charge in [-0.2, -0.15) is 0 Å². The van der Waals surface area contributed by atoms with Crippen molar-refractivity contribution in [3.8, 4) is 11.5 Å². The summed E-state index contributed by atoms with van der Waals surface area (Å²) in [5.74, 6) is 0.833. The van der Waals surface area contributed by atoms with Gasteiger partial charge in [-0.05, 0) is 48.6 Å². The van der Waals surface area contributed by atoms with E-state index in [4.69, 9.17) is 4.42 Å². The third-order valence-corrected chi connectivity index (χ3v) is 6.52. The van der Waals surface area contributed by atoms with E-state index in [0.29, 0.717) is 24.0 Å². The fourth-order valence-corrected chi connectivity index (χ4v) is 5.09. The third kappa shape index (κ3) is 3.29. The molecule has 0 saturated carbocycles. The minimum absolute atomic E-state index is 0.0925. The van der Waals surface area contributed by atoms with Gasteiger partial charge in [-0.1, -0.05) is 42.1 Å². The van der Waals surface area contributed by atoms with E-state index in [9.17, 15) is 9.90 Å². The van der Waals surface area contributed by atoms with E-state index in [1.165, 1.54) is 11.8 Å². The zero-order valence-electron chi connectivity index (χ0n) is 15.3. The molecule has 1 aromatic heterocycles. The molecule has 2 aromatic carbocycles. The monoisotopic (exact) mass is 395 g/mol. The van der Waals surface area contributed by atoms with Gasteiger partial charge in [0.25, 0.3) is 5.22 Å². The standard InChI is InChI=1S/C21H21N3O3S/c25-18-10-16-7-8-17(11-18)24(16)19(26)12-28-21-23-22-20(27-21)15-6-5-13-3-1-2-4-14(13)9-15/h1-6,9,16-18,25H,7-8,10-12H2/t16-,17+,18?. The van der Waals surface area contributed by atoms with Crippen LogP contribution < -0.4 is 0 Å². The zero-order valence-corrected chi connectivity index (χ0v) is 16.1. The molecule has 1 N–H and O–H groups in total. The summed E-state index contributed by atoms with van der Waals surface area (Å²) in [6, 6.07) is 14.5. The highest BCUT2D eigenvalue weighted by Gasteiger charge is 2.42. The van der Waals surface area contributed by atoms with Crippen molar-refractivity contribution in [2.75, 3.05) is 5.75 Å². The van der Waals surface area contributed by atoms with Gasteiger partial charge in [0.1, 0.15) is 0 Å². The molecule has 0 radical (unpaired) electrons. The van der Waals surface area contributed by atoms with Crippen molar-refractivity contribution in [3.63, 3.8) is 0 Å². The fourth-order valence-electron chi connectivity index (χ4n) is 4.46. The summed E-state index contributed by atoms with van der Waals surface area (Å²) in [4.78, 5) is 14.7. The lowest BCUT2D eigenvalue weighted by molar-refractivity contribution is -0.134. The van der Waals surface area contributed by atoms with Crippen molar-refractivity contribution in [3.05, 3.63) is 42.5 Å². The number of carbonyl (C=O) groups is 1. The molecule has 5 rings (SSSR count). The first-order chi connectivity index (χ1) is 13.7. The lowest BCUT2D eigenvalue weighted by Gasteiger charge is -2.37. The highest BCUT2D eigenvalue weighted by atomic mass is 32.2. The van der Waals surface area contributed by atoms with Crippen molar-refractivity contribution in [2.45, 2.75) is 49.1 Å². The topological polar surface area (TPSA) is 79.5 Å². The second kappa shape index (κ2) is 7.22. The van der Waals surface area contributed by atoms with Crippen LogP contribution in [0.25, 0.3) is 22.2 Å². The Kier molecular flexibility index (Phi) is 4.56. The van der Waals surface area contributed by atoms with Gasteiger partial charge in [0, 0.05) is 17.6 Å². The number of fused-ring (bicyclic) bond motifs is 3. The molecular weight excluding hydrogens is 374 g/mol. The third-order valence-electron chi connectivity index (χ3n) is 5.72. The smallest absolute Gasteiger partial charge is 0.277 e. The number of aromatic nitrogens is 2. The summed E-state index contributed by atoms with van der Waals surface area (Å²) in [7, 11) is 0. The number of hydrogen-bond donors (Lipinski definition) is 1. The normalized spacial score (nSPS) is 24.0. The Morgan fingerprint density at radius 2 is 1.86 bits per heavy atom. The van der Waals surface area contributed by atoms with Crippen LogP contribution in [0.5, 0.6) is 0 Å². The summed E-state index contributed by atoms with van der Waals surface area (Å²) in [6.07, 6.45) is 3.10. The lowest BCUT2D eigenvalue weighted by atomic mass is 10.00. The Labute approximate surface area is 166 Å². The first-order valence-electron chi connectivity index (χ1n) is 9.62. The van der Waals surface area contributed by atoms with E-state index in [1.807, 2.05) is 41.3 Å². The zero-order chi connectivity index (χ0) is 19.1. The van der Waals surface area contributed by atoms with Crippen LogP contribution in [0.4, 0.5) is 0 Å². The van der Waals surface area contributed by atoms with Crippen LogP contribution in [0, 0.1) is 0 Å². The predicted molar refractivity (Wildman–Crippen MR) is 107 cm³/mol. The van der Waals surface area contributed by atoms with E-state index < -0.39 is 0 Å². The predicted octanol–water partition coefficient (Wildman–Crippen LogP) is 3.50. The molecule has 28 heavy (non-hydrogen) atoms. The summed E-state index contributed by atoms with van der Waals surface area (Å²) in [5, 5.41) is 20.8. The number of aliphatic hydroxyl groups excluding tert-OH is 1. The number of hydrogen-bond acceptors (Lipinski definition) is 6. The number of amides is 1. The molecule has 7 heteroatoms. The van der Waals surface area contributed by atoms with Crippen molar-refractivity contribution in [2.24, 2.45) is 0 Å². The number of benzene rings is 2. The van der Waals surface area contributed by atoms with E-state index in [0.717, 1.165) is 29.2 Å². The Bertz CT molecular complexity index is 1010. The van der Waals surface area contributed by atoms with E-state index in [2.05, 4.69) is 16.3 Å². The average Bonchev–Trinajstić information content (AvgIpc) is 3.29. The van der Waals surface area contributed by atoms with Crippen molar-refractivity contribution < 1.29 is 14.3 Å². The quantitative estimate of drug-likeness (QED) is 0.681. The van der Waals surface area contributed by atoms with Crippen molar-refractivity contribution in [1.29, 1.82) is 0 Å². The number of piperidine rings is 1. The highest BCUT2D eigenvalue weighted by Crippen LogP contribution is 2.36. The summed E-state index contributed by atoms with van der Waals surface area (Å²) in [5.41, 5.74) is 0.868. The first-order valence-corrected chi connectivity index (χ1v) is 10.6. The van der Waals surface area contributed by atoms with Crippen LogP contribution >= 0.6 is 11.8 Å². The number of nitrogens with zero attached hydrogens (tertiary/aromatic N) is 3. The molecule has 6 nitrogen and oxygen atoms in total. The maximum Gasteiger partial charge on any atom is 0.277 e. The van der Waals surface area contributed by atoms with E-state index in [-0.39, 0.29) is 29.8 Å². The Hall–Kier alpha value is -2.38. The van der Waals surface area contributed by atoms with Crippen LogP contribution in [0.3, 0.4) is 0 Å². The lowest BCUT2D eigenvalue weighted by Crippen LogP contribution is -2.48. The minimum Gasteiger partial charge on any atom is -0.411 e. The van der Waals surface area contributed by atoms with Crippen LogP contribution in [0.2, 0.25) is 0 Å². The molecule has 2 aliphatic heterocycles. The highest BCUT2D eigenvalue weighted by molar-refractivity contribution is 7.99. The van der Waals surface area contributed by atoms with Gasteiger partial charge < -0.3 is 14.4 Å². The van der Waals surface area contributed by atoms with Gasteiger partial charge >= 0.3 is 0 Å². The molecule has 1 amide bonds. The molecule has 3 aromatic rings.